The van der Waals surface area contributed by atoms with Gasteiger partial charge in [-0.1, -0.05) is 197 Å². The molecule has 0 aromatic carbocycles. The highest BCUT2D eigenvalue weighted by Crippen LogP contribution is 2.15. The molecule has 0 heterocycles. The molecule has 0 spiro atoms. The van der Waals surface area contributed by atoms with Crippen molar-refractivity contribution in [2.45, 2.75) is 244 Å². The third-order valence-corrected chi connectivity index (χ3v) is 10.3. The van der Waals surface area contributed by atoms with Crippen LogP contribution >= 0.6 is 0 Å². The fraction of sp³-hybridized carbons (Fsp3) is 0.812. The van der Waals surface area contributed by atoms with Crippen LogP contribution in [0.5, 0.6) is 0 Å². The van der Waals surface area contributed by atoms with E-state index in [4.69, 9.17) is 0 Å². The number of aliphatic hydroxyl groups is 3. The lowest BCUT2D eigenvalue weighted by atomic mass is 10.0. The van der Waals surface area contributed by atoms with E-state index in [0.717, 1.165) is 51.4 Å². The molecule has 0 fully saturated rings. The van der Waals surface area contributed by atoms with Gasteiger partial charge in [-0.05, 0) is 70.6 Å². The minimum absolute atomic E-state index is 0.00449. The van der Waals surface area contributed by atoms with Crippen LogP contribution in [0.3, 0.4) is 0 Å². The quantitative estimate of drug-likeness (QED) is 0.0371. The van der Waals surface area contributed by atoms with Gasteiger partial charge in [0.15, 0.2) is 0 Å². The molecule has 5 heteroatoms. The molecule has 4 N–H and O–H groups in total. The lowest BCUT2D eigenvalue weighted by Gasteiger charge is -2.20. The SMILES string of the molecule is CCCCCC/C=C\CCCCCCCC(O)CC(=O)NC(CO)C(O)/C=C/CC/C=C/CC/C=C/CCCCCCCCCCCCCCCCC. The van der Waals surface area contributed by atoms with Crippen molar-refractivity contribution in [3.8, 4) is 0 Å². The molecule has 310 valence electrons. The van der Waals surface area contributed by atoms with Gasteiger partial charge in [0, 0.05) is 0 Å². The molecule has 0 bridgehead atoms. The van der Waals surface area contributed by atoms with Gasteiger partial charge in [-0.2, -0.15) is 0 Å². The van der Waals surface area contributed by atoms with Gasteiger partial charge < -0.3 is 20.6 Å². The number of nitrogens with one attached hydrogen (secondary N) is 1. The fourth-order valence-corrected chi connectivity index (χ4v) is 6.78. The Morgan fingerprint density at radius 2 is 0.811 bits per heavy atom. The summed E-state index contributed by atoms with van der Waals surface area (Å²) >= 11 is 0. The van der Waals surface area contributed by atoms with Crippen LogP contribution in [0.2, 0.25) is 0 Å². The first-order valence-corrected chi connectivity index (χ1v) is 22.9. The van der Waals surface area contributed by atoms with Crippen molar-refractivity contribution in [1.29, 1.82) is 0 Å². The number of allylic oxidation sites excluding steroid dienone is 7. The van der Waals surface area contributed by atoms with Crippen molar-refractivity contribution in [2.75, 3.05) is 6.61 Å². The average Bonchev–Trinajstić information content (AvgIpc) is 3.15. The van der Waals surface area contributed by atoms with Crippen LogP contribution in [0.4, 0.5) is 0 Å². The van der Waals surface area contributed by atoms with Crippen molar-refractivity contribution < 1.29 is 20.1 Å². The zero-order chi connectivity index (χ0) is 38.7. The second-order valence-electron chi connectivity index (χ2n) is 15.6. The summed E-state index contributed by atoms with van der Waals surface area (Å²) in [5, 5.41) is 33.2. The summed E-state index contributed by atoms with van der Waals surface area (Å²) in [5.41, 5.74) is 0. The first-order chi connectivity index (χ1) is 26.0. The van der Waals surface area contributed by atoms with Crippen molar-refractivity contribution in [3.05, 3.63) is 48.6 Å². The summed E-state index contributed by atoms with van der Waals surface area (Å²) in [6, 6.07) is -0.770. The van der Waals surface area contributed by atoms with Gasteiger partial charge in [0.2, 0.25) is 5.91 Å². The summed E-state index contributed by atoms with van der Waals surface area (Å²) < 4.78 is 0. The van der Waals surface area contributed by atoms with E-state index in [1.54, 1.807) is 6.08 Å². The number of rotatable bonds is 41. The molecule has 3 atom stereocenters. The second-order valence-corrected chi connectivity index (χ2v) is 15.6. The third-order valence-electron chi connectivity index (χ3n) is 10.3. The highest BCUT2D eigenvalue weighted by molar-refractivity contribution is 5.76. The number of carbonyl (C=O) groups is 1. The third kappa shape index (κ3) is 39.8. The topological polar surface area (TPSA) is 89.8 Å². The van der Waals surface area contributed by atoms with E-state index >= 15 is 0 Å². The van der Waals surface area contributed by atoms with E-state index in [1.165, 1.54) is 148 Å². The molecule has 53 heavy (non-hydrogen) atoms. The fourth-order valence-electron chi connectivity index (χ4n) is 6.78. The first kappa shape index (κ1) is 51.3. The molecule has 0 aliphatic rings. The van der Waals surface area contributed by atoms with Gasteiger partial charge in [0.05, 0.1) is 31.3 Å². The highest BCUT2D eigenvalue weighted by atomic mass is 16.3. The van der Waals surface area contributed by atoms with Gasteiger partial charge in [-0.25, -0.2) is 0 Å². The molecule has 0 aromatic rings. The minimum atomic E-state index is -0.962. The molecule has 3 unspecified atom stereocenters. The standard InChI is InChI=1S/C48H89NO4/c1-3-5-7-9-11-13-15-17-18-19-20-21-22-23-24-25-26-27-28-30-32-34-36-38-40-42-47(52)46(44-50)49-48(53)43-45(51)41-39-37-35-33-31-29-16-14-12-10-8-6-4-2/h14,16,26-27,32,34,40,42,45-47,50-52H,3-13,15,17-25,28-31,33,35-39,41,43-44H2,1-2H3,(H,49,53)/b16-14-,27-26+,34-32+,42-40+. The van der Waals surface area contributed by atoms with Gasteiger partial charge in [0.25, 0.3) is 0 Å². The van der Waals surface area contributed by atoms with E-state index in [-0.39, 0.29) is 18.9 Å². The van der Waals surface area contributed by atoms with Crippen molar-refractivity contribution in [2.24, 2.45) is 0 Å². The van der Waals surface area contributed by atoms with E-state index < -0.39 is 18.2 Å². The lowest BCUT2D eigenvalue weighted by molar-refractivity contribution is -0.124. The van der Waals surface area contributed by atoms with E-state index in [9.17, 15) is 20.1 Å². The molecule has 0 radical (unpaired) electrons. The smallest absolute Gasteiger partial charge is 0.222 e. The summed E-state index contributed by atoms with van der Waals surface area (Å²) in [7, 11) is 0. The van der Waals surface area contributed by atoms with Crippen LogP contribution in [-0.2, 0) is 4.79 Å². The predicted molar refractivity (Wildman–Crippen MR) is 231 cm³/mol. The molecule has 5 nitrogen and oxygen atoms in total. The number of carbonyl (C=O) groups excluding carboxylic acids is 1. The largest absolute Gasteiger partial charge is 0.394 e. The molecule has 1 amide bonds. The Morgan fingerprint density at radius 1 is 0.472 bits per heavy atom. The highest BCUT2D eigenvalue weighted by Gasteiger charge is 2.20. The number of hydrogen-bond acceptors (Lipinski definition) is 4. The molecule has 0 rings (SSSR count). The van der Waals surface area contributed by atoms with Crippen LogP contribution in [0.1, 0.15) is 226 Å². The summed E-state index contributed by atoms with van der Waals surface area (Å²) in [6.45, 7) is 4.18. The summed E-state index contributed by atoms with van der Waals surface area (Å²) in [6.07, 6.45) is 55.5. The molecule has 0 aliphatic carbocycles. The number of hydrogen-bond donors (Lipinski definition) is 4. The number of unbranched alkanes of at least 4 members (excludes halogenated alkanes) is 26. The van der Waals surface area contributed by atoms with Crippen molar-refractivity contribution >= 4 is 5.91 Å². The molecular formula is C48H89NO4. The Labute approximate surface area is 329 Å². The number of amides is 1. The normalized spacial score (nSPS) is 14.0. The maximum Gasteiger partial charge on any atom is 0.222 e. The van der Waals surface area contributed by atoms with Crippen LogP contribution < -0.4 is 5.32 Å². The maximum atomic E-state index is 12.4. The second kappa shape index (κ2) is 43.0. The zero-order valence-electron chi connectivity index (χ0n) is 35.1. The summed E-state index contributed by atoms with van der Waals surface area (Å²) in [4.78, 5) is 12.4. The molecule has 0 saturated heterocycles. The zero-order valence-corrected chi connectivity index (χ0v) is 35.1. The van der Waals surface area contributed by atoms with Gasteiger partial charge >= 0.3 is 0 Å². The molecule has 0 aromatic heterocycles. The van der Waals surface area contributed by atoms with E-state index in [0.29, 0.717) is 6.42 Å². The Bertz CT molecular complexity index is 866. The Kier molecular flexibility index (Phi) is 41.7. The van der Waals surface area contributed by atoms with Gasteiger partial charge in [-0.3, -0.25) is 4.79 Å². The van der Waals surface area contributed by atoms with Crippen molar-refractivity contribution in [3.63, 3.8) is 0 Å². The van der Waals surface area contributed by atoms with Crippen LogP contribution in [0.15, 0.2) is 48.6 Å². The van der Waals surface area contributed by atoms with Crippen LogP contribution in [-0.4, -0.2) is 46.1 Å². The average molecular weight is 744 g/mol. The van der Waals surface area contributed by atoms with Crippen LogP contribution in [0, 0.1) is 0 Å². The predicted octanol–water partition coefficient (Wildman–Crippen LogP) is 13.3. The monoisotopic (exact) mass is 744 g/mol. The maximum absolute atomic E-state index is 12.4. The Morgan fingerprint density at radius 3 is 1.23 bits per heavy atom. The van der Waals surface area contributed by atoms with E-state index in [1.807, 2.05) is 6.08 Å². The minimum Gasteiger partial charge on any atom is -0.394 e. The van der Waals surface area contributed by atoms with E-state index in [2.05, 4.69) is 55.6 Å². The summed E-state index contributed by atoms with van der Waals surface area (Å²) in [5.74, 6) is -0.336. The molecular weight excluding hydrogens is 655 g/mol. The van der Waals surface area contributed by atoms with Crippen LogP contribution in [0.25, 0.3) is 0 Å². The first-order valence-electron chi connectivity index (χ1n) is 22.9. The number of aliphatic hydroxyl groups excluding tert-OH is 3. The van der Waals surface area contributed by atoms with Gasteiger partial charge in [0.1, 0.15) is 0 Å². The molecule has 0 aliphatic heterocycles. The van der Waals surface area contributed by atoms with Crippen molar-refractivity contribution in [1.82, 2.24) is 5.32 Å². The Balaban J connectivity index is 3.72. The lowest BCUT2D eigenvalue weighted by Crippen LogP contribution is -2.45. The van der Waals surface area contributed by atoms with Gasteiger partial charge in [-0.15, -0.1) is 0 Å². The Hall–Kier alpha value is -1.69. The molecule has 0 saturated carbocycles.